The van der Waals surface area contributed by atoms with Gasteiger partial charge in [0.2, 0.25) is 0 Å². The van der Waals surface area contributed by atoms with E-state index in [1.165, 1.54) is 27.8 Å². The van der Waals surface area contributed by atoms with Crippen molar-refractivity contribution in [2.45, 2.75) is 63.6 Å². The van der Waals surface area contributed by atoms with Gasteiger partial charge in [0.05, 0.1) is 5.60 Å². The molecule has 2 fully saturated rings. The van der Waals surface area contributed by atoms with Crippen molar-refractivity contribution < 1.29 is 4.74 Å². The van der Waals surface area contributed by atoms with Gasteiger partial charge in [-0.1, -0.05) is 20.8 Å². The summed E-state index contributed by atoms with van der Waals surface area (Å²) in [4.78, 5) is 5.95. The Bertz CT molecular complexity index is 475. The predicted molar refractivity (Wildman–Crippen MR) is 91.3 cm³/mol. The van der Waals surface area contributed by atoms with Crippen LogP contribution in [0.5, 0.6) is 0 Å². The summed E-state index contributed by atoms with van der Waals surface area (Å²) < 4.78 is 6.08. The second-order valence-corrected chi connectivity index (χ2v) is 9.49. The summed E-state index contributed by atoms with van der Waals surface area (Å²) in [6.45, 7) is 8.55. The number of thiazole rings is 1. The van der Waals surface area contributed by atoms with Crippen LogP contribution in [0.1, 0.15) is 49.9 Å². The van der Waals surface area contributed by atoms with Crippen LogP contribution < -0.4 is 5.32 Å². The third-order valence-electron chi connectivity index (χ3n) is 4.39. The summed E-state index contributed by atoms with van der Waals surface area (Å²) in [5, 5.41) is 4.92. The molecule has 0 amide bonds. The standard InChI is InChI=1S/C16H26N2OS2/c1-15(2,3)13-9-18-14(21-13)10-17-12-4-6-19-16(8-12)5-7-20-11-16/h9,12,17H,4-8,10-11H2,1-3H3/t12-,16+/m1/s1. The summed E-state index contributed by atoms with van der Waals surface area (Å²) in [5.41, 5.74) is 0.375. The smallest absolute Gasteiger partial charge is 0.107 e. The molecule has 118 valence electrons. The molecule has 0 saturated carbocycles. The van der Waals surface area contributed by atoms with E-state index in [0.29, 0.717) is 6.04 Å². The van der Waals surface area contributed by atoms with Crippen LogP contribution in [0.15, 0.2) is 6.20 Å². The Labute approximate surface area is 136 Å². The number of rotatable bonds is 3. The minimum Gasteiger partial charge on any atom is -0.374 e. The molecule has 0 unspecified atom stereocenters. The minimum absolute atomic E-state index is 0.167. The zero-order valence-corrected chi connectivity index (χ0v) is 14.9. The zero-order chi connectivity index (χ0) is 14.9. The molecule has 0 aromatic carbocycles. The fraction of sp³-hybridized carbons (Fsp3) is 0.812. The van der Waals surface area contributed by atoms with Crippen LogP contribution in [0.3, 0.4) is 0 Å². The van der Waals surface area contributed by atoms with Crippen LogP contribution in [0.2, 0.25) is 0 Å². The van der Waals surface area contributed by atoms with Gasteiger partial charge in [-0.3, -0.25) is 0 Å². The number of nitrogens with zero attached hydrogens (tertiary/aromatic N) is 1. The number of hydrogen-bond donors (Lipinski definition) is 1. The summed E-state index contributed by atoms with van der Waals surface area (Å²) in [7, 11) is 0. The van der Waals surface area contributed by atoms with E-state index >= 15 is 0 Å². The molecule has 1 aromatic rings. The van der Waals surface area contributed by atoms with Crippen LogP contribution in [-0.2, 0) is 16.7 Å². The second-order valence-electron chi connectivity index (χ2n) is 7.27. The number of hydrogen-bond acceptors (Lipinski definition) is 5. The molecule has 2 aliphatic rings. The molecule has 2 atom stereocenters. The SMILES string of the molecule is CC(C)(C)c1cnc(CN[C@@H]2CCO[C@@]3(CCSC3)C2)s1. The van der Waals surface area contributed by atoms with E-state index in [1.54, 1.807) is 0 Å². The molecule has 5 heteroatoms. The third kappa shape index (κ3) is 3.81. The average molecular weight is 327 g/mol. The highest BCUT2D eigenvalue weighted by molar-refractivity contribution is 7.99. The molecule has 0 radical (unpaired) electrons. The fourth-order valence-electron chi connectivity index (χ4n) is 3.04. The molecule has 1 spiro atoms. The second kappa shape index (κ2) is 6.19. The van der Waals surface area contributed by atoms with Crippen molar-refractivity contribution in [1.82, 2.24) is 10.3 Å². The first-order valence-corrected chi connectivity index (χ1v) is 9.84. The van der Waals surface area contributed by atoms with Gasteiger partial charge in [-0.05, 0) is 30.4 Å². The van der Waals surface area contributed by atoms with Gasteiger partial charge in [0.15, 0.2) is 0 Å². The maximum absolute atomic E-state index is 6.08. The molecule has 21 heavy (non-hydrogen) atoms. The van der Waals surface area contributed by atoms with Gasteiger partial charge >= 0.3 is 0 Å². The van der Waals surface area contributed by atoms with Gasteiger partial charge in [0.1, 0.15) is 5.01 Å². The molecule has 3 nitrogen and oxygen atoms in total. The van der Waals surface area contributed by atoms with Crippen molar-refractivity contribution in [3.05, 3.63) is 16.1 Å². The van der Waals surface area contributed by atoms with Gasteiger partial charge < -0.3 is 10.1 Å². The highest BCUT2D eigenvalue weighted by atomic mass is 32.2. The van der Waals surface area contributed by atoms with Gasteiger partial charge in [0.25, 0.3) is 0 Å². The Morgan fingerprint density at radius 3 is 3.00 bits per heavy atom. The molecule has 0 bridgehead atoms. The third-order valence-corrected chi connectivity index (χ3v) is 7.04. The van der Waals surface area contributed by atoms with E-state index in [1.807, 2.05) is 29.3 Å². The zero-order valence-electron chi connectivity index (χ0n) is 13.3. The number of thioether (sulfide) groups is 1. The topological polar surface area (TPSA) is 34.2 Å². The Kier molecular flexibility index (Phi) is 4.65. The maximum atomic E-state index is 6.08. The predicted octanol–water partition coefficient (Wildman–Crippen LogP) is 3.58. The van der Waals surface area contributed by atoms with E-state index in [4.69, 9.17) is 4.74 Å². The Morgan fingerprint density at radius 2 is 2.33 bits per heavy atom. The lowest BCUT2D eigenvalue weighted by molar-refractivity contribution is -0.0703. The first-order valence-electron chi connectivity index (χ1n) is 7.87. The lowest BCUT2D eigenvalue weighted by Gasteiger charge is -2.38. The molecule has 1 aromatic heterocycles. The normalized spacial score (nSPS) is 30.1. The summed E-state index contributed by atoms with van der Waals surface area (Å²) >= 11 is 3.88. The maximum Gasteiger partial charge on any atom is 0.107 e. The number of ether oxygens (including phenoxy) is 1. The summed E-state index contributed by atoms with van der Waals surface area (Å²) in [6, 6.07) is 0.583. The van der Waals surface area contributed by atoms with Crippen LogP contribution >= 0.6 is 23.1 Å². The first-order chi connectivity index (χ1) is 9.97. The van der Waals surface area contributed by atoms with Crippen molar-refractivity contribution in [2.24, 2.45) is 0 Å². The monoisotopic (exact) mass is 326 g/mol. The van der Waals surface area contributed by atoms with Crippen LogP contribution in [-0.4, -0.2) is 34.7 Å². The molecule has 3 rings (SSSR count). The fourth-order valence-corrected chi connectivity index (χ4v) is 5.34. The Morgan fingerprint density at radius 1 is 1.48 bits per heavy atom. The van der Waals surface area contributed by atoms with Crippen molar-refractivity contribution in [2.75, 3.05) is 18.1 Å². The van der Waals surface area contributed by atoms with Crippen molar-refractivity contribution in [3.63, 3.8) is 0 Å². The highest BCUT2D eigenvalue weighted by Crippen LogP contribution is 2.38. The van der Waals surface area contributed by atoms with Crippen molar-refractivity contribution >= 4 is 23.1 Å². The summed E-state index contributed by atoms with van der Waals surface area (Å²) in [6.07, 6.45) is 5.56. The molecule has 1 N–H and O–H groups in total. The lowest BCUT2D eigenvalue weighted by Crippen LogP contribution is -2.47. The Hall–Kier alpha value is -0.100. The van der Waals surface area contributed by atoms with E-state index in [-0.39, 0.29) is 11.0 Å². The molecule has 3 heterocycles. The molecule has 2 saturated heterocycles. The van der Waals surface area contributed by atoms with E-state index in [9.17, 15) is 0 Å². The van der Waals surface area contributed by atoms with Crippen LogP contribution in [0, 0.1) is 0 Å². The molecular weight excluding hydrogens is 300 g/mol. The van der Waals surface area contributed by atoms with Crippen LogP contribution in [0.4, 0.5) is 0 Å². The lowest BCUT2D eigenvalue weighted by atomic mass is 9.90. The van der Waals surface area contributed by atoms with Crippen molar-refractivity contribution in [1.29, 1.82) is 0 Å². The van der Waals surface area contributed by atoms with Gasteiger partial charge in [-0.15, -0.1) is 11.3 Å². The van der Waals surface area contributed by atoms with Gasteiger partial charge in [-0.2, -0.15) is 11.8 Å². The summed E-state index contributed by atoms with van der Waals surface area (Å²) in [5.74, 6) is 2.44. The molecular formula is C16H26N2OS2. The quantitative estimate of drug-likeness (QED) is 0.920. The first kappa shape index (κ1) is 15.8. The van der Waals surface area contributed by atoms with E-state index in [0.717, 1.165) is 26.0 Å². The molecule has 0 aliphatic carbocycles. The van der Waals surface area contributed by atoms with Gasteiger partial charge in [-0.25, -0.2) is 4.98 Å². The van der Waals surface area contributed by atoms with Crippen LogP contribution in [0.25, 0.3) is 0 Å². The number of aromatic nitrogens is 1. The Balaban J connectivity index is 1.54. The average Bonchev–Trinajstić information content (AvgIpc) is 3.06. The highest BCUT2D eigenvalue weighted by Gasteiger charge is 2.40. The minimum atomic E-state index is 0.167. The number of nitrogens with one attached hydrogen (secondary N) is 1. The molecule has 2 aliphatic heterocycles. The van der Waals surface area contributed by atoms with E-state index < -0.39 is 0 Å². The van der Waals surface area contributed by atoms with E-state index in [2.05, 4.69) is 31.1 Å². The largest absolute Gasteiger partial charge is 0.374 e. The van der Waals surface area contributed by atoms with Crippen molar-refractivity contribution in [3.8, 4) is 0 Å². The van der Waals surface area contributed by atoms with Gasteiger partial charge in [0, 0.05) is 36.0 Å².